The van der Waals surface area contributed by atoms with Crippen molar-refractivity contribution in [3.05, 3.63) is 22.4 Å². The van der Waals surface area contributed by atoms with Crippen LogP contribution in [-0.2, 0) is 0 Å². The van der Waals surface area contributed by atoms with Crippen molar-refractivity contribution >= 4 is 17.2 Å². The van der Waals surface area contributed by atoms with Gasteiger partial charge in [-0.2, -0.15) is 11.3 Å². The largest absolute Gasteiger partial charge is 0.388 e. The molecule has 1 aliphatic rings. The van der Waals surface area contributed by atoms with Crippen molar-refractivity contribution in [1.29, 1.82) is 0 Å². The Bertz CT molecular complexity index is 341. The number of hydrogen-bond donors (Lipinski definition) is 2. The molecule has 0 saturated heterocycles. The molecule has 1 amide bonds. The fourth-order valence-corrected chi connectivity index (χ4v) is 2.24. The lowest BCUT2D eigenvalue weighted by atomic mass is 10.0. The highest BCUT2D eigenvalue weighted by Gasteiger charge is 2.39. The van der Waals surface area contributed by atoms with Crippen molar-refractivity contribution in [2.24, 2.45) is 5.92 Å². The van der Waals surface area contributed by atoms with Crippen LogP contribution < -0.4 is 5.32 Å². The number of amides is 1. The zero-order valence-corrected chi connectivity index (χ0v) is 9.51. The zero-order chi connectivity index (χ0) is 10.9. The first-order chi connectivity index (χ1) is 7.09. The SMILES string of the molecule is C[C@@](O)(CNC(=O)c1ccsc1)C1CC1. The van der Waals surface area contributed by atoms with Gasteiger partial charge in [0.15, 0.2) is 0 Å². The number of thiophene rings is 1. The summed E-state index contributed by atoms with van der Waals surface area (Å²) in [6.07, 6.45) is 2.14. The number of hydrogen-bond acceptors (Lipinski definition) is 3. The number of rotatable bonds is 4. The van der Waals surface area contributed by atoms with Crippen molar-refractivity contribution in [3.8, 4) is 0 Å². The second-order valence-corrected chi connectivity index (χ2v) is 5.11. The fourth-order valence-electron chi connectivity index (χ4n) is 1.60. The van der Waals surface area contributed by atoms with Crippen LogP contribution in [0.25, 0.3) is 0 Å². The summed E-state index contributed by atoms with van der Waals surface area (Å²) in [5.74, 6) is 0.262. The van der Waals surface area contributed by atoms with E-state index in [0.717, 1.165) is 12.8 Å². The minimum absolute atomic E-state index is 0.0998. The van der Waals surface area contributed by atoms with Crippen LogP contribution in [0.15, 0.2) is 16.8 Å². The first-order valence-corrected chi connectivity index (χ1v) is 6.06. The fraction of sp³-hybridized carbons (Fsp3) is 0.545. The Labute approximate surface area is 93.1 Å². The molecule has 0 bridgehead atoms. The minimum Gasteiger partial charge on any atom is -0.388 e. The maximum absolute atomic E-state index is 11.6. The monoisotopic (exact) mass is 225 g/mol. The first-order valence-electron chi connectivity index (χ1n) is 5.12. The van der Waals surface area contributed by atoms with E-state index in [0.29, 0.717) is 18.0 Å². The molecule has 82 valence electrons. The molecule has 1 heterocycles. The lowest BCUT2D eigenvalue weighted by Gasteiger charge is -2.23. The molecule has 1 aliphatic carbocycles. The molecular formula is C11H15NO2S. The molecule has 0 aliphatic heterocycles. The smallest absolute Gasteiger partial charge is 0.252 e. The summed E-state index contributed by atoms with van der Waals surface area (Å²) < 4.78 is 0. The molecule has 1 aromatic heterocycles. The van der Waals surface area contributed by atoms with Crippen LogP contribution in [0.4, 0.5) is 0 Å². The Morgan fingerprint density at radius 3 is 3.00 bits per heavy atom. The maximum Gasteiger partial charge on any atom is 0.252 e. The Balaban J connectivity index is 1.85. The van der Waals surface area contributed by atoms with Gasteiger partial charge in [0.25, 0.3) is 5.91 Å². The molecule has 1 aromatic rings. The van der Waals surface area contributed by atoms with Gasteiger partial charge in [-0.15, -0.1) is 0 Å². The third-order valence-corrected chi connectivity index (χ3v) is 3.53. The lowest BCUT2D eigenvalue weighted by molar-refractivity contribution is 0.0354. The molecule has 0 spiro atoms. The molecule has 3 nitrogen and oxygen atoms in total. The average molecular weight is 225 g/mol. The van der Waals surface area contributed by atoms with Crippen molar-refractivity contribution in [2.45, 2.75) is 25.4 Å². The van der Waals surface area contributed by atoms with Crippen LogP contribution in [0.5, 0.6) is 0 Å². The molecule has 4 heteroatoms. The van der Waals surface area contributed by atoms with E-state index >= 15 is 0 Å². The van der Waals surface area contributed by atoms with Crippen LogP contribution in [0, 0.1) is 5.92 Å². The van der Waals surface area contributed by atoms with E-state index in [1.54, 1.807) is 18.4 Å². The van der Waals surface area contributed by atoms with Gasteiger partial charge in [0.1, 0.15) is 0 Å². The Hall–Kier alpha value is -0.870. The number of nitrogens with one attached hydrogen (secondary N) is 1. The molecule has 1 atom stereocenters. The molecule has 0 unspecified atom stereocenters. The third-order valence-electron chi connectivity index (χ3n) is 2.85. The first kappa shape index (κ1) is 10.6. The van der Waals surface area contributed by atoms with Crippen molar-refractivity contribution in [1.82, 2.24) is 5.32 Å². The highest BCUT2D eigenvalue weighted by molar-refractivity contribution is 7.08. The van der Waals surface area contributed by atoms with Gasteiger partial charge in [-0.3, -0.25) is 4.79 Å². The second kappa shape index (κ2) is 3.94. The topological polar surface area (TPSA) is 49.3 Å². The third kappa shape index (κ3) is 2.58. The minimum atomic E-state index is -0.744. The van der Waals surface area contributed by atoms with E-state index in [2.05, 4.69) is 5.32 Å². The van der Waals surface area contributed by atoms with E-state index in [1.807, 2.05) is 5.38 Å². The number of carbonyl (C=O) groups is 1. The van der Waals surface area contributed by atoms with Crippen LogP contribution in [0.1, 0.15) is 30.1 Å². The Morgan fingerprint density at radius 2 is 2.47 bits per heavy atom. The summed E-state index contributed by atoms with van der Waals surface area (Å²) in [4.78, 5) is 11.6. The highest BCUT2D eigenvalue weighted by atomic mass is 32.1. The van der Waals surface area contributed by atoms with Gasteiger partial charge in [0.05, 0.1) is 5.60 Å². The van der Waals surface area contributed by atoms with Crippen LogP contribution in [0.3, 0.4) is 0 Å². The van der Waals surface area contributed by atoms with E-state index in [-0.39, 0.29) is 5.91 Å². The molecular weight excluding hydrogens is 210 g/mol. The molecule has 2 N–H and O–H groups in total. The predicted molar refractivity (Wildman–Crippen MR) is 60.0 cm³/mol. The van der Waals surface area contributed by atoms with Crippen LogP contribution >= 0.6 is 11.3 Å². The molecule has 2 rings (SSSR count). The van der Waals surface area contributed by atoms with Gasteiger partial charge in [-0.05, 0) is 37.1 Å². The van der Waals surface area contributed by atoms with E-state index in [1.165, 1.54) is 11.3 Å². The summed E-state index contributed by atoms with van der Waals surface area (Å²) in [6.45, 7) is 2.13. The molecule has 1 fully saturated rings. The van der Waals surface area contributed by atoms with Crippen molar-refractivity contribution in [2.75, 3.05) is 6.54 Å². The normalized spacial score (nSPS) is 19.6. The second-order valence-electron chi connectivity index (χ2n) is 4.33. The summed E-state index contributed by atoms with van der Waals surface area (Å²) in [7, 11) is 0. The number of carbonyl (C=O) groups excluding carboxylic acids is 1. The number of aliphatic hydroxyl groups is 1. The summed E-state index contributed by atoms with van der Waals surface area (Å²) >= 11 is 1.50. The van der Waals surface area contributed by atoms with Gasteiger partial charge >= 0.3 is 0 Å². The molecule has 0 aromatic carbocycles. The summed E-state index contributed by atoms with van der Waals surface area (Å²) in [5.41, 5.74) is -0.0716. The zero-order valence-electron chi connectivity index (χ0n) is 8.69. The lowest BCUT2D eigenvalue weighted by Crippen LogP contribution is -2.42. The van der Waals surface area contributed by atoms with Crippen molar-refractivity contribution in [3.63, 3.8) is 0 Å². The van der Waals surface area contributed by atoms with Crippen LogP contribution in [-0.4, -0.2) is 23.2 Å². The average Bonchev–Trinajstić information content (AvgIpc) is 2.92. The van der Waals surface area contributed by atoms with E-state index in [4.69, 9.17) is 0 Å². The Kier molecular flexibility index (Phi) is 2.80. The van der Waals surface area contributed by atoms with Gasteiger partial charge < -0.3 is 10.4 Å². The molecule has 0 radical (unpaired) electrons. The highest BCUT2D eigenvalue weighted by Crippen LogP contribution is 2.38. The summed E-state index contributed by atoms with van der Waals surface area (Å²) in [5, 5.41) is 16.4. The Morgan fingerprint density at radius 1 is 1.73 bits per heavy atom. The molecule has 15 heavy (non-hydrogen) atoms. The van der Waals surface area contributed by atoms with Gasteiger partial charge in [0.2, 0.25) is 0 Å². The van der Waals surface area contributed by atoms with Gasteiger partial charge in [0, 0.05) is 17.5 Å². The van der Waals surface area contributed by atoms with Crippen LogP contribution in [0.2, 0.25) is 0 Å². The van der Waals surface area contributed by atoms with E-state index < -0.39 is 5.60 Å². The standard InChI is InChI=1S/C11H15NO2S/c1-11(14,9-2-3-9)7-12-10(13)8-4-5-15-6-8/h4-6,9,14H,2-3,7H2,1H3,(H,12,13)/t11-/m1/s1. The van der Waals surface area contributed by atoms with Gasteiger partial charge in [-0.1, -0.05) is 0 Å². The summed E-state index contributed by atoms with van der Waals surface area (Å²) in [6, 6.07) is 1.78. The van der Waals surface area contributed by atoms with E-state index in [9.17, 15) is 9.90 Å². The molecule has 1 saturated carbocycles. The van der Waals surface area contributed by atoms with Crippen molar-refractivity contribution < 1.29 is 9.90 Å². The quantitative estimate of drug-likeness (QED) is 0.818. The predicted octanol–water partition coefficient (Wildman–Crippen LogP) is 1.64. The maximum atomic E-state index is 11.6. The van der Waals surface area contributed by atoms with Gasteiger partial charge in [-0.25, -0.2) is 0 Å².